The summed E-state index contributed by atoms with van der Waals surface area (Å²) in [5, 5.41) is 9.91. The van der Waals surface area contributed by atoms with Crippen molar-refractivity contribution < 1.29 is 19.5 Å². The molecule has 3 aliphatic heterocycles. The first-order chi connectivity index (χ1) is 18.2. The molecule has 206 valence electrons. The van der Waals surface area contributed by atoms with Gasteiger partial charge in [-0.15, -0.1) is 24.9 Å². The van der Waals surface area contributed by atoms with E-state index in [0.29, 0.717) is 19.5 Å². The summed E-state index contributed by atoms with van der Waals surface area (Å²) in [4.78, 5) is 47.9. The van der Waals surface area contributed by atoms with Crippen LogP contribution >= 0.6 is 11.8 Å². The van der Waals surface area contributed by atoms with Crippen LogP contribution in [0.1, 0.15) is 46.5 Å². The van der Waals surface area contributed by atoms with E-state index in [1.807, 2.05) is 42.2 Å². The molecule has 7 nitrogen and oxygen atoms in total. The third kappa shape index (κ3) is 4.49. The molecule has 0 radical (unpaired) electrons. The zero-order chi connectivity index (χ0) is 27.7. The van der Waals surface area contributed by atoms with Crippen molar-refractivity contribution in [3.63, 3.8) is 0 Å². The van der Waals surface area contributed by atoms with E-state index in [2.05, 4.69) is 27.0 Å². The fourth-order valence-corrected chi connectivity index (χ4v) is 9.36. The maximum atomic E-state index is 14.3. The number of carbonyl (C=O) groups is 3. The predicted molar refractivity (Wildman–Crippen MR) is 153 cm³/mol. The van der Waals surface area contributed by atoms with Crippen molar-refractivity contribution in [3.05, 3.63) is 55.6 Å². The lowest BCUT2D eigenvalue weighted by molar-refractivity contribution is -0.144. The Bertz CT molecular complexity index is 1080. The molecule has 3 amide bonds. The van der Waals surface area contributed by atoms with Gasteiger partial charge in [0, 0.05) is 36.1 Å². The Labute approximate surface area is 230 Å². The summed E-state index contributed by atoms with van der Waals surface area (Å²) >= 11 is 1.66. The largest absolute Gasteiger partial charge is 0.395 e. The smallest absolute Gasteiger partial charge is 0.247 e. The number of nitrogens with zero attached hydrogens (tertiary/aromatic N) is 3. The van der Waals surface area contributed by atoms with E-state index in [4.69, 9.17) is 0 Å². The van der Waals surface area contributed by atoms with E-state index in [-0.39, 0.29) is 36.9 Å². The average Bonchev–Trinajstić information content (AvgIpc) is 3.47. The van der Waals surface area contributed by atoms with Crippen LogP contribution in [0, 0.1) is 11.8 Å². The minimum atomic E-state index is -0.722. The highest BCUT2D eigenvalue weighted by Gasteiger charge is 2.77. The molecule has 1 N–H and O–H groups in total. The van der Waals surface area contributed by atoms with Crippen molar-refractivity contribution >= 4 is 35.2 Å². The Hall–Kier alpha value is -2.58. The van der Waals surface area contributed by atoms with Gasteiger partial charge >= 0.3 is 0 Å². The second-order valence-electron chi connectivity index (χ2n) is 11.0. The lowest BCUT2D eigenvalue weighted by Gasteiger charge is -2.39. The van der Waals surface area contributed by atoms with E-state index >= 15 is 0 Å². The van der Waals surface area contributed by atoms with E-state index < -0.39 is 27.4 Å². The van der Waals surface area contributed by atoms with Crippen LogP contribution in [0.2, 0.25) is 0 Å². The molecular weight excluding hydrogens is 498 g/mol. The number of aliphatic hydroxyl groups is 1. The van der Waals surface area contributed by atoms with Crippen LogP contribution in [0.15, 0.2) is 55.6 Å². The molecule has 3 unspecified atom stereocenters. The summed E-state index contributed by atoms with van der Waals surface area (Å²) in [5.74, 6) is -1.60. The lowest BCUT2D eigenvalue weighted by atomic mass is 9.66. The van der Waals surface area contributed by atoms with Crippen LogP contribution in [-0.4, -0.2) is 80.4 Å². The van der Waals surface area contributed by atoms with Gasteiger partial charge in [0.05, 0.1) is 23.2 Å². The van der Waals surface area contributed by atoms with Gasteiger partial charge in [-0.2, -0.15) is 0 Å². The van der Waals surface area contributed by atoms with Crippen LogP contribution in [-0.2, 0) is 14.4 Å². The number of carbonyl (C=O) groups excluding carboxylic acids is 3. The highest BCUT2D eigenvalue weighted by atomic mass is 32.2. The predicted octanol–water partition coefficient (Wildman–Crippen LogP) is 3.88. The van der Waals surface area contributed by atoms with Crippen molar-refractivity contribution in [1.29, 1.82) is 0 Å². The molecular formula is C30H41N3O4S. The minimum absolute atomic E-state index is 0.00943. The van der Waals surface area contributed by atoms with Crippen LogP contribution in [0.25, 0.3) is 0 Å². The van der Waals surface area contributed by atoms with E-state index in [0.717, 1.165) is 24.9 Å². The monoisotopic (exact) mass is 539 g/mol. The molecule has 3 saturated heterocycles. The van der Waals surface area contributed by atoms with Crippen LogP contribution in [0.3, 0.4) is 0 Å². The fourth-order valence-electron chi connectivity index (χ4n) is 7.01. The zero-order valence-electron chi connectivity index (χ0n) is 22.8. The zero-order valence-corrected chi connectivity index (χ0v) is 23.7. The maximum absolute atomic E-state index is 14.3. The van der Waals surface area contributed by atoms with Gasteiger partial charge < -0.3 is 19.8 Å². The Balaban J connectivity index is 1.77. The quantitative estimate of drug-likeness (QED) is 0.408. The highest BCUT2D eigenvalue weighted by Crippen LogP contribution is 2.71. The third-order valence-corrected chi connectivity index (χ3v) is 10.6. The fraction of sp³-hybridized carbons (Fsp3) is 0.567. The maximum Gasteiger partial charge on any atom is 0.247 e. The number of likely N-dealkylation sites (tertiary alicyclic amines) is 1. The Morgan fingerprint density at radius 2 is 1.87 bits per heavy atom. The lowest BCUT2D eigenvalue weighted by Crippen LogP contribution is -2.57. The van der Waals surface area contributed by atoms with Gasteiger partial charge in [0.15, 0.2) is 0 Å². The summed E-state index contributed by atoms with van der Waals surface area (Å²) in [7, 11) is 0. The second-order valence-corrected chi connectivity index (χ2v) is 12.9. The summed E-state index contributed by atoms with van der Waals surface area (Å²) in [6.07, 6.45) is 6.64. The average molecular weight is 540 g/mol. The van der Waals surface area contributed by atoms with Crippen LogP contribution < -0.4 is 4.90 Å². The first-order valence-electron chi connectivity index (χ1n) is 13.7. The number of rotatable bonds is 12. The van der Waals surface area contributed by atoms with E-state index in [9.17, 15) is 19.5 Å². The number of hydrogen-bond acceptors (Lipinski definition) is 5. The molecule has 1 aromatic rings. The van der Waals surface area contributed by atoms with Gasteiger partial charge in [-0.25, -0.2) is 0 Å². The molecule has 0 aliphatic carbocycles. The van der Waals surface area contributed by atoms with Gasteiger partial charge in [0.2, 0.25) is 17.7 Å². The van der Waals surface area contributed by atoms with Crippen molar-refractivity contribution in [3.8, 4) is 0 Å². The SMILES string of the molecule is C=CCN(C(=O)[C@H]1[C@H]2C(=O)N(CCO)C(C(=O)N(CC=C)C(C)CCC)C23CC[C@]1(C)S3)c1ccccc1. The molecule has 3 aliphatic rings. The molecule has 1 spiro atoms. The number of β-amino-alcohol motifs (C(OH)–C–C–N with tert-alkyl or cyclic N) is 1. The molecule has 38 heavy (non-hydrogen) atoms. The molecule has 4 rings (SSSR count). The highest BCUT2D eigenvalue weighted by molar-refractivity contribution is 8.02. The van der Waals surface area contributed by atoms with Gasteiger partial charge in [-0.05, 0) is 45.2 Å². The number of aliphatic hydroxyl groups excluding tert-OH is 1. The number of para-hydroxylation sites is 1. The van der Waals surface area contributed by atoms with Crippen molar-refractivity contribution in [2.75, 3.05) is 31.1 Å². The Morgan fingerprint density at radius 1 is 1.18 bits per heavy atom. The first-order valence-corrected chi connectivity index (χ1v) is 14.5. The molecule has 2 bridgehead atoms. The van der Waals surface area contributed by atoms with E-state index in [1.54, 1.807) is 33.7 Å². The van der Waals surface area contributed by atoms with Crippen molar-refractivity contribution in [2.24, 2.45) is 11.8 Å². The summed E-state index contributed by atoms with van der Waals surface area (Å²) in [6.45, 7) is 14.5. The number of benzene rings is 1. The van der Waals surface area contributed by atoms with Crippen molar-refractivity contribution in [2.45, 2.75) is 68.0 Å². The summed E-state index contributed by atoms with van der Waals surface area (Å²) in [6, 6.07) is 8.74. The number of anilines is 1. The van der Waals surface area contributed by atoms with Crippen molar-refractivity contribution in [1.82, 2.24) is 9.80 Å². The molecule has 8 heteroatoms. The van der Waals surface area contributed by atoms with Crippen LogP contribution in [0.4, 0.5) is 5.69 Å². The normalized spacial score (nSPS) is 30.2. The van der Waals surface area contributed by atoms with Gasteiger partial charge in [0.1, 0.15) is 6.04 Å². The Morgan fingerprint density at radius 3 is 2.47 bits per heavy atom. The number of hydrogen-bond donors (Lipinski definition) is 1. The van der Waals surface area contributed by atoms with Gasteiger partial charge in [-0.3, -0.25) is 14.4 Å². The second kappa shape index (κ2) is 11.3. The minimum Gasteiger partial charge on any atom is -0.395 e. The number of fused-ring (bicyclic) bond motifs is 1. The number of thioether (sulfide) groups is 1. The molecule has 0 saturated carbocycles. The summed E-state index contributed by atoms with van der Waals surface area (Å²) in [5.41, 5.74) is 0.763. The molecule has 0 aromatic heterocycles. The topological polar surface area (TPSA) is 81.2 Å². The molecule has 3 heterocycles. The molecule has 3 fully saturated rings. The Kier molecular flexibility index (Phi) is 8.43. The van der Waals surface area contributed by atoms with Gasteiger partial charge in [0.25, 0.3) is 0 Å². The van der Waals surface area contributed by atoms with Crippen LogP contribution in [0.5, 0.6) is 0 Å². The third-order valence-electron chi connectivity index (χ3n) is 8.61. The standard InChI is InChI=1S/C30H41N3O4S/c1-6-12-21(4)31(17-7-2)28(37)25-30-16-15-29(5,38-30)23(24(30)27(36)33(25)19-20-34)26(35)32(18-8-3)22-13-10-9-11-14-22/h7-11,13-14,21,23-25,34H,2-3,6,12,15-20H2,1,4-5H3/t21?,23-,24+,25?,29+,30?/m1/s1. The number of amides is 3. The van der Waals surface area contributed by atoms with Gasteiger partial charge in [-0.1, -0.05) is 43.7 Å². The molecule has 6 atom stereocenters. The van der Waals surface area contributed by atoms with E-state index in [1.165, 1.54) is 0 Å². The molecule has 1 aromatic carbocycles. The first kappa shape index (κ1) is 28.4. The summed E-state index contributed by atoms with van der Waals surface area (Å²) < 4.78 is -1.17.